The van der Waals surface area contributed by atoms with Crippen LogP contribution in [0.1, 0.15) is 10.7 Å². The van der Waals surface area contributed by atoms with E-state index in [9.17, 15) is 18.0 Å². The highest BCUT2D eigenvalue weighted by atomic mass is 32.1. The van der Waals surface area contributed by atoms with Crippen LogP contribution in [0, 0.1) is 0 Å². The van der Waals surface area contributed by atoms with Crippen molar-refractivity contribution < 1.29 is 27.1 Å². The predicted octanol–water partition coefficient (Wildman–Crippen LogP) is 5.62. The first-order valence-electron chi connectivity index (χ1n) is 8.51. The number of anilines is 1. The number of hydrogen-bond acceptors (Lipinski definition) is 6. The summed E-state index contributed by atoms with van der Waals surface area (Å²) >= 11 is 1.60. The molecule has 10 heteroatoms. The Kier molecular flexibility index (Phi) is 5.23. The third-order valence-corrected chi connectivity index (χ3v) is 4.61. The van der Waals surface area contributed by atoms with E-state index in [4.69, 9.17) is 4.42 Å². The van der Waals surface area contributed by atoms with Crippen molar-refractivity contribution in [2.45, 2.75) is 6.36 Å². The summed E-state index contributed by atoms with van der Waals surface area (Å²) in [5.41, 5.74) is 2.83. The first-order valence-corrected chi connectivity index (χ1v) is 9.45. The number of alkyl halides is 3. The molecule has 0 aliphatic heterocycles. The summed E-state index contributed by atoms with van der Waals surface area (Å²) in [5, 5.41) is 14.0. The topological polar surface area (TPSA) is 77.2 Å². The van der Waals surface area contributed by atoms with Gasteiger partial charge < -0.3 is 14.5 Å². The van der Waals surface area contributed by atoms with E-state index in [2.05, 4.69) is 20.3 Å². The summed E-state index contributed by atoms with van der Waals surface area (Å²) in [5.74, 6) is -1.40. The largest absolute Gasteiger partial charge is 0.573 e. The van der Waals surface area contributed by atoms with Crippen molar-refractivity contribution >= 4 is 22.9 Å². The van der Waals surface area contributed by atoms with Crippen LogP contribution in [0.15, 0.2) is 69.8 Å². The lowest BCUT2D eigenvalue weighted by molar-refractivity contribution is -0.274. The van der Waals surface area contributed by atoms with E-state index in [-0.39, 0.29) is 17.5 Å². The number of aromatic nitrogens is 2. The minimum absolute atomic E-state index is 0.0848. The van der Waals surface area contributed by atoms with Crippen molar-refractivity contribution in [3.8, 4) is 28.3 Å². The van der Waals surface area contributed by atoms with Gasteiger partial charge in [-0.1, -0.05) is 18.2 Å². The Balaban J connectivity index is 1.46. The van der Waals surface area contributed by atoms with E-state index >= 15 is 0 Å². The van der Waals surface area contributed by atoms with E-state index < -0.39 is 18.0 Å². The van der Waals surface area contributed by atoms with Gasteiger partial charge in [0.15, 0.2) is 0 Å². The molecule has 0 aliphatic rings. The molecule has 1 N–H and O–H groups in total. The molecule has 0 atom stereocenters. The molecule has 0 saturated carbocycles. The first kappa shape index (κ1) is 19.6. The summed E-state index contributed by atoms with van der Waals surface area (Å²) in [4.78, 5) is 12.3. The Morgan fingerprint density at radius 1 is 1.00 bits per heavy atom. The smallest absolute Gasteiger partial charge is 0.412 e. The molecular formula is C20H12F3N3O3S. The van der Waals surface area contributed by atoms with Gasteiger partial charge in [-0.3, -0.25) is 4.79 Å². The lowest BCUT2D eigenvalue weighted by atomic mass is 10.1. The Hall–Kier alpha value is -3.66. The van der Waals surface area contributed by atoms with Crippen molar-refractivity contribution in [1.29, 1.82) is 0 Å². The Labute approximate surface area is 171 Å². The fraction of sp³-hybridized carbons (Fsp3) is 0.0500. The molecule has 0 saturated heterocycles. The zero-order chi connectivity index (χ0) is 21.1. The van der Waals surface area contributed by atoms with Crippen LogP contribution in [0.2, 0.25) is 0 Å². The molecule has 0 bridgehead atoms. The molecule has 30 heavy (non-hydrogen) atoms. The van der Waals surface area contributed by atoms with Gasteiger partial charge >= 0.3 is 18.2 Å². The van der Waals surface area contributed by atoms with Crippen molar-refractivity contribution in [3.05, 3.63) is 71.2 Å². The van der Waals surface area contributed by atoms with Crippen LogP contribution >= 0.6 is 11.3 Å². The van der Waals surface area contributed by atoms with Crippen LogP contribution in [-0.4, -0.2) is 22.5 Å². The van der Waals surface area contributed by atoms with Gasteiger partial charge in [0, 0.05) is 17.3 Å². The standard InChI is InChI=1S/C20H12F3N3O3S/c21-20(22,23)29-16-3-1-2-15(10-16)24-17(27)19-26-25-18(28-19)13-6-4-12(5-7-13)14-8-9-30-11-14/h1-11H,(H,24,27). The molecule has 0 radical (unpaired) electrons. The molecule has 0 aliphatic carbocycles. The van der Waals surface area contributed by atoms with E-state index in [0.29, 0.717) is 5.56 Å². The molecule has 4 aromatic rings. The van der Waals surface area contributed by atoms with E-state index in [1.54, 1.807) is 23.5 Å². The summed E-state index contributed by atoms with van der Waals surface area (Å²) in [6, 6.07) is 14.2. The lowest BCUT2D eigenvalue weighted by Crippen LogP contribution is -2.17. The van der Waals surface area contributed by atoms with Gasteiger partial charge in [-0.15, -0.1) is 23.4 Å². The fourth-order valence-corrected chi connectivity index (χ4v) is 3.29. The second-order valence-corrected chi connectivity index (χ2v) is 6.81. The van der Waals surface area contributed by atoms with Crippen LogP contribution in [0.5, 0.6) is 5.75 Å². The molecular weight excluding hydrogens is 419 g/mol. The predicted molar refractivity (Wildman–Crippen MR) is 104 cm³/mol. The fourth-order valence-electron chi connectivity index (χ4n) is 2.62. The molecule has 6 nitrogen and oxygen atoms in total. The van der Waals surface area contributed by atoms with E-state index in [1.807, 2.05) is 29.0 Å². The van der Waals surface area contributed by atoms with Gasteiger partial charge in [0.25, 0.3) is 0 Å². The molecule has 1 amide bonds. The first-order chi connectivity index (χ1) is 14.4. The molecule has 2 aromatic heterocycles. The van der Waals surface area contributed by atoms with Crippen LogP contribution in [0.3, 0.4) is 0 Å². The Morgan fingerprint density at radius 3 is 2.47 bits per heavy atom. The molecule has 0 fully saturated rings. The molecule has 0 unspecified atom stereocenters. The minimum atomic E-state index is -4.83. The van der Waals surface area contributed by atoms with E-state index in [1.165, 1.54) is 12.1 Å². The number of carbonyl (C=O) groups excluding carboxylic acids is 1. The number of ether oxygens (including phenoxy) is 1. The van der Waals surface area contributed by atoms with Gasteiger partial charge in [-0.25, -0.2) is 0 Å². The van der Waals surface area contributed by atoms with Gasteiger partial charge in [-0.05, 0) is 52.2 Å². The number of rotatable bonds is 5. The zero-order valence-corrected chi connectivity index (χ0v) is 15.8. The van der Waals surface area contributed by atoms with Crippen molar-refractivity contribution in [3.63, 3.8) is 0 Å². The van der Waals surface area contributed by atoms with Crippen LogP contribution in [0.25, 0.3) is 22.6 Å². The highest BCUT2D eigenvalue weighted by Gasteiger charge is 2.31. The average Bonchev–Trinajstić information content (AvgIpc) is 3.39. The third-order valence-electron chi connectivity index (χ3n) is 3.93. The monoisotopic (exact) mass is 431 g/mol. The average molecular weight is 431 g/mol. The molecule has 152 valence electrons. The van der Waals surface area contributed by atoms with Crippen molar-refractivity contribution in [2.24, 2.45) is 0 Å². The second kappa shape index (κ2) is 7.99. The third kappa shape index (κ3) is 4.66. The maximum absolute atomic E-state index is 12.3. The van der Waals surface area contributed by atoms with Gasteiger partial charge in [0.05, 0.1) is 0 Å². The van der Waals surface area contributed by atoms with Gasteiger partial charge in [0.2, 0.25) is 5.89 Å². The molecule has 2 aromatic carbocycles. The van der Waals surface area contributed by atoms with Crippen LogP contribution in [0.4, 0.5) is 18.9 Å². The SMILES string of the molecule is O=C(Nc1cccc(OC(F)(F)F)c1)c1nnc(-c2ccc(-c3ccsc3)cc2)o1. The maximum atomic E-state index is 12.3. The lowest BCUT2D eigenvalue weighted by Gasteiger charge is -2.10. The number of halogens is 3. The number of amides is 1. The molecule has 4 rings (SSSR count). The van der Waals surface area contributed by atoms with Crippen LogP contribution in [-0.2, 0) is 0 Å². The molecule has 0 spiro atoms. The highest BCUT2D eigenvalue weighted by molar-refractivity contribution is 7.08. The zero-order valence-electron chi connectivity index (χ0n) is 15.0. The summed E-state index contributed by atoms with van der Waals surface area (Å²) < 4.78 is 46.2. The van der Waals surface area contributed by atoms with Crippen molar-refractivity contribution in [1.82, 2.24) is 10.2 Å². The van der Waals surface area contributed by atoms with E-state index in [0.717, 1.165) is 23.3 Å². The van der Waals surface area contributed by atoms with Crippen molar-refractivity contribution in [2.75, 3.05) is 5.32 Å². The summed E-state index contributed by atoms with van der Waals surface area (Å²) in [6.07, 6.45) is -4.83. The van der Waals surface area contributed by atoms with Gasteiger partial charge in [0.1, 0.15) is 5.75 Å². The second-order valence-electron chi connectivity index (χ2n) is 6.03. The number of benzene rings is 2. The van der Waals surface area contributed by atoms with Gasteiger partial charge in [-0.2, -0.15) is 11.3 Å². The van der Waals surface area contributed by atoms with Crippen LogP contribution < -0.4 is 10.1 Å². The maximum Gasteiger partial charge on any atom is 0.573 e. The Morgan fingerprint density at radius 2 is 1.77 bits per heavy atom. The number of hydrogen-bond donors (Lipinski definition) is 1. The normalized spacial score (nSPS) is 11.3. The number of nitrogens with one attached hydrogen (secondary N) is 1. The minimum Gasteiger partial charge on any atom is -0.412 e. The highest BCUT2D eigenvalue weighted by Crippen LogP contribution is 2.27. The quantitative estimate of drug-likeness (QED) is 0.444. The Bertz CT molecular complexity index is 1160. The number of carbonyl (C=O) groups is 1. The number of thiophene rings is 1. The molecule has 2 heterocycles. The summed E-state index contributed by atoms with van der Waals surface area (Å²) in [7, 11) is 0. The summed E-state index contributed by atoms with van der Waals surface area (Å²) in [6.45, 7) is 0. The number of nitrogens with zero attached hydrogens (tertiary/aromatic N) is 2.